The molecule has 0 N–H and O–H groups in total. The van der Waals surface area contributed by atoms with Crippen LogP contribution in [-0.2, 0) is 13.1 Å². The van der Waals surface area contributed by atoms with Gasteiger partial charge in [-0.05, 0) is 57.5 Å². The van der Waals surface area contributed by atoms with Crippen molar-refractivity contribution in [2.45, 2.75) is 58.7 Å². The zero-order chi connectivity index (χ0) is 20.2. The van der Waals surface area contributed by atoms with Crippen LogP contribution in [0.3, 0.4) is 0 Å². The van der Waals surface area contributed by atoms with Crippen molar-refractivity contribution in [3.05, 3.63) is 53.5 Å². The Morgan fingerprint density at radius 2 is 2.00 bits per heavy atom. The molecule has 0 radical (unpaired) electrons. The van der Waals surface area contributed by atoms with Gasteiger partial charge in [0.2, 0.25) is 0 Å². The molecular weight excluding hydrogens is 364 g/mol. The maximum Gasteiger partial charge on any atom is 0.167 e. The lowest BCUT2D eigenvalue weighted by Gasteiger charge is -2.28. The molecule has 4 rings (SSSR count). The van der Waals surface area contributed by atoms with Crippen LogP contribution >= 0.6 is 0 Å². The zero-order valence-electron chi connectivity index (χ0n) is 17.6. The highest BCUT2D eigenvalue weighted by Crippen LogP contribution is 2.33. The number of nitrogens with zero attached hydrogens (tertiary/aromatic N) is 4. The van der Waals surface area contributed by atoms with Crippen molar-refractivity contribution in [3.8, 4) is 17.1 Å². The fourth-order valence-corrected chi connectivity index (χ4v) is 4.12. The van der Waals surface area contributed by atoms with Crippen LogP contribution in [0.2, 0.25) is 0 Å². The number of ether oxygens (including phenoxy) is 1. The van der Waals surface area contributed by atoms with E-state index in [2.05, 4.69) is 41.3 Å². The summed E-state index contributed by atoms with van der Waals surface area (Å²) in [6.45, 7) is 7.11. The zero-order valence-corrected chi connectivity index (χ0v) is 17.6. The topological polar surface area (TPSA) is 56.3 Å². The molecule has 2 aromatic heterocycles. The molecule has 0 amide bonds. The number of aromatic nitrogens is 3. The van der Waals surface area contributed by atoms with Crippen LogP contribution in [0.1, 0.15) is 55.6 Å². The first kappa shape index (κ1) is 19.7. The monoisotopic (exact) mass is 394 g/mol. The molecular formula is C23H30N4O2. The molecule has 1 aliphatic heterocycles. The van der Waals surface area contributed by atoms with Gasteiger partial charge in [-0.15, -0.1) is 0 Å². The second-order valence-electron chi connectivity index (χ2n) is 7.78. The third kappa shape index (κ3) is 4.37. The van der Waals surface area contributed by atoms with Gasteiger partial charge in [0, 0.05) is 36.5 Å². The lowest BCUT2D eigenvalue weighted by atomic mass is 10.0. The van der Waals surface area contributed by atoms with E-state index < -0.39 is 0 Å². The predicted octanol–water partition coefficient (Wildman–Crippen LogP) is 4.99. The van der Waals surface area contributed by atoms with E-state index in [1.165, 1.54) is 24.8 Å². The van der Waals surface area contributed by atoms with Gasteiger partial charge in [0.15, 0.2) is 5.76 Å². The molecule has 0 saturated carbocycles. The van der Waals surface area contributed by atoms with Gasteiger partial charge in [-0.2, -0.15) is 5.10 Å². The van der Waals surface area contributed by atoms with Gasteiger partial charge in [0.1, 0.15) is 11.4 Å². The minimum absolute atomic E-state index is 0.276. The van der Waals surface area contributed by atoms with E-state index in [1.54, 1.807) is 7.11 Å². The van der Waals surface area contributed by atoms with E-state index >= 15 is 0 Å². The highest BCUT2D eigenvalue weighted by molar-refractivity contribution is 5.58. The molecule has 3 heterocycles. The molecule has 6 nitrogen and oxygen atoms in total. The fraction of sp³-hybridized carbons (Fsp3) is 0.478. The molecule has 3 aromatic rings. The largest absolute Gasteiger partial charge is 0.497 e. The lowest BCUT2D eigenvalue weighted by molar-refractivity contribution is 0.183. The van der Waals surface area contributed by atoms with Gasteiger partial charge in [0.25, 0.3) is 0 Å². The minimum Gasteiger partial charge on any atom is -0.497 e. The molecule has 154 valence electrons. The smallest absolute Gasteiger partial charge is 0.167 e. The van der Waals surface area contributed by atoms with Gasteiger partial charge < -0.3 is 9.26 Å². The van der Waals surface area contributed by atoms with Crippen molar-refractivity contribution in [1.29, 1.82) is 0 Å². The van der Waals surface area contributed by atoms with Crippen molar-refractivity contribution >= 4 is 0 Å². The van der Waals surface area contributed by atoms with E-state index in [0.29, 0.717) is 0 Å². The number of aryl methyl sites for hydroxylation is 2. The lowest BCUT2D eigenvalue weighted by Crippen LogP contribution is -2.28. The molecule has 1 aromatic carbocycles. The van der Waals surface area contributed by atoms with Crippen LogP contribution < -0.4 is 4.74 Å². The van der Waals surface area contributed by atoms with Gasteiger partial charge in [-0.3, -0.25) is 9.58 Å². The first-order chi connectivity index (χ1) is 14.2. The quantitative estimate of drug-likeness (QED) is 0.589. The molecule has 1 fully saturated rings. The molecule has 1 aliphatic rings. The first-order valence-electron chi connectivity index (χ1n) is 10.6. The summed E-state index contributed by atoms with van der Waals surface area (Å²) in [6.07, 6.45) is 7.00. The van der Waals surface area contributed by atoms with E-state index in [-0.39, 0.29) is 6.04 Å². The Kier molecular flexibility index (Phi) is 6.00. The SMILES string of the molecule is CCn1cc(CN2CCCCC[C@H]2c2cc(-c3ccc(OC)cc3)on2)c(C)n1. The summed E-state index contributed by atoms with van der Waals surface area (Å²) in [5.74, 6) is 1.65. The summed E-state index contributed by atoms with van der Waals surface area (Å²) in [5.41, 5.74) is 4.47. The summed E-state index contributed by atoms with van der Waals surface area (Å²) in [6, 6.07) is 10.3. The summed E-state index contributed by atoms with van der Waals surface area (Å²) in [7, 11) is 1.67. The number of methoxy groups -OCH3 is 1. The Bertz CT molecular complexity index is 929. The summed E-state index contributed by atoms with van der Waals surface area (Å²) >= 11 is 0. The fourth-order valence-electron chi connectivity index (χ4n) is 4.12. The Morgan fingerprint density at radius 3 is 2.72 bits per heavy atom. The van der Waals surface area contributed by atoms with Gasteiger partial charge in [-0.25, -0.2) is 0 Å². The molecule has 6 heteroatoms. The second-order valence-corrected chi connectivity index (χ2v) is 7.78. The Balaban J connectivity index is 1.57. The Hall–Kier alpha value is -2.60. The number of hydrogen-bond acceptors (Lipinski definition) is 5. The number of hydrogen-bond donors (Lipinski definition) is 0. The van der Waals surface area contributed by atoms with Crippen molar-refractivity contribution < 1.29 is 9.26 Å². The van der Waals surface area contributed by atoms with E-state index in [0.717, 1.165) is 54.5 Å². The third-order valence-electron chi connectivity index (χ3n) is 5.85. The van der Waals surface area contributed by atoms with E-state index in [9.17, 15) is 0 Å². The third-order valence-corrected chi connectivity index (χ3v) is 5.85. The first-order valence-corrected chi connectivity index (χ1v) is 10.6. The minimum atomic E-state index is 0.276. The van der Waals surface area contributed by atoms with Crippen LogP contribution in [0.4, 0.5) is 0 Å². The normalized spacial score (nSPS) is 18.0. The van der Waals surface area contributed by atoms with Crippen LogP contribution in [-0.4, -0.2) is 33.5 Å². The van der Waals surface area contributed by atoms with Crippen molar-refractivity contribution in [3.63, 3.8) is 0 Å². The standard InChI is InChI=1S/C23H30N4O2/c1-4-27-16-19(17(2)24-27)15-26-13-7-5-6-8-22(26)21-14-23(29-25-21)18-9-11-20(28-3)12-10-18/h9-12,14,16,22H,4-8,13,15H2,1-3H3/t22-/m0/s1. The van der Waals surface area contributed by atoms with Crippen molar-refractivity contribution in [2.75, 3.05) is 13.7 Å². The summed E-state index contributed by atoms with van der Waals surface area (Å²) < 4.78 is 13.0. The molecule has 1 saturated heterocycles. The average Bonchev–Trinajstić information content (AvgIpc) is 3.30. The molecule has 0 aliphatic carbocycles. The number of rotatable bonds is 6. The van der Waals surface area contributed by atoms with Crippen LogP contribution in [0, 0.1) is 6.92 Å². The Labute approximate surface area is 172 Å². The van der Waals surface area contributed by atoms with Gasteiger partial charge in [0.05, 0.1) is 18.8 Å². The maximum atomic E-state index is 5.73. The molecule has 1 atom stereocenters. The average molecular weight is 395 g/mol. The number of benzene rings is 1. The highest BCUT2D eigenvalue weighted by Gasteiger charge is 2.27. The van der Waals surface area contributed by atoms with Crippen molar-refractivity contribution in [2.24, 2.45) is 0 Å². The molecule has 0 unspecified atom stereocenters. The van der Waals surface area contributed by atoms with Crippen LogP contribution in [0.25, 0.3) is 11.3 Å². The summed E-state index contributed by atoms with van der Waals surface area (Å²) in [5, 5.41) is 9.09. The van der Waals surface area contributed by atoms with E-state index in [4.69, 9.17) is 9.26 Å². The maximum absolute atomic E-state index is 5.73. The van der Waals surface area contributed by atoms with Gasteiger partial charge in [-0.1, -0.05) is 18.0 Å². The van der Waals surface area contributed by atoms with E-state index in [1.807, 2.05) is 28.9 Å². The van der Waals surface area contributed by atoms with Gasteiger partial charge >= 0.3 is 0 Å². The highest BCUT2D eigenvalue weighted by atomic mass is 16.5. The molecule has 29 heavy (non-hydrogen) atoms. The van der Waals surface area contributed by atoms with Crippen LogP contribution in [0.15, 0.2) is 41.1 Å². The molecule has 0 bridgehead atoms. The summed E-state index contributed by atoms with van der Waals surface area (Å²) in [4.78, 5) is 2.55. The van der Waals surface area contributed by atoms with Crippen molar-refractivity contribution in [1.82, 2.24) is 19.8 Å². The second kappa shape index (κ2) is 8.82. The van der Waals surface area contributed by atoms with Crippen LogP contribution in [0.5, 0.6) is 5.75 Å². The Morgan fingerprint density at radius 1 is 1.17 bits per heavy atom. The predicted molar refractivity (Wildman–Crippen MR) is 113 cm³/mol. The molecule has 0 spiro atoms. The number of likely N-dealkylation sites (tertiary alicyclic amines) is 1.